The number of hydrogen-bond acceptors (Lipinski definition) is 4. The van der Waals surface area contributed by atoms with Crippen LogP contribution in [0.5, 0.6) is 0 Å². The van der Waals surface area contributed by atoms with Crippen molar-refractivity contribution in [2.45, 2.75) is 57.5 Å². The van der Waals surface area contributed by atoms with Crippen LogP contribution in [-0.4, -0.2) is 49.4 Å². The number of hydrogen-bond donors (Lipinski definition) is 1. The Morgan fingerprint density at radius 3 is 2.55 bits per heavy atom. The molecule has 3 unspecified atom stereocenters. The van der Waals surface area contributed by atoms with Gasteiger partial charge in [0.25, 0.3) is 0 Å². The normalized spacial score (nSPS) is 32.4. The SMILES string of the molecule is CCCCN(C(=O)C1CCC(N)C1)C1CCS(=O)(=O)C1. The number of carbonyl (C=O) groups is 1. The van der Waals surface area contributed by atoms with Gasteiger partial charge in [0.05, 0.1) is 11.5 Å². The highest BCUT2D eigenvalue weighted by atomic mass is 32.2. The third kappa shape index (κ3) is 3.73. The van der Waals surface area contributed by atoms with Gasteiger partial charge in [-0.1, -0.05) is 13.3 Å². The number of amides is 1. The highest BCUT2D eigenvalue weighted by molar-refractivity contribution is 7.91. The Morgan fingerprint density at radius 1 is 1.30 bits per heavy atom. The van der Waals surface area contributed by atoms with E-state index in [0.29, 0.717) is 13.0 Å². The van der Waals surface area contributed by atoms with Crippen molar-refractivity contribution in [1.82, 2.24) is 4.90 Å². The monoisotopic (exact) mass is 302 g/mol. The summed E-state index contributed by atoms with van der Waals surface area (Å²) in [6.07, 6.45) is 5.04. The number of carbonyl (C=O) groups excluding carboxylic acids is 1. The molecule has 0 spiro atoms. The highest BCUT2D eigenvalue weighted by Gasteiger charge is 2.38. The molecule has 2 aliphatic rings. The third-order valence-electron chi connectivity index (χ3n) is 4.51. The van der Waals surface area contributed by atoms with E-state index in [0.717, 1.165) is 32.1 Å². The Morgan fingerprint density at radius 2 is 2.05 bits per heavy atom. The van der Waals surface area contributed by atoms with E-state index in [1.54, 1.807) is 0 Å². The molecule has 1 saturated heterocycles. The van der Waals surface area contributed by atoms with Crippen molar-refractivity contribution in [1.29, 1.82) is 0 Å². The van der Waals surface area contributed by atoms with Gasteiger partial charge in [-0.05, 0) is 32.1 Å². The van der Waals surface area contributed by atoms with Crippen LogP contribution in [0.2, 0.25) is 0 Å². The van der Waals surface area contributed by atoms with Gasteiger partial charge in [0.1, 0.15) is 0 Å². The third-order valence-corrected chi connectivity index (χ3v) is 6.26. The summed E-state index contributed by atoms with van der Waals surface area (Å²) in [4.78, 5) is 14.5. The van der Waals surface area contributed by atoms with E-state index >= 15 is 0 Å². The van der Waals surface area contributed by atoms with E-state index in [4.69, 9.17) is 5.73 Å². The molecule has 1 amide bonds. The lowest BCUT2D eigenvalue weighted by Crippen LogP contribution is -2.44. The zero-order valence-corrected chi connectivity index (χ0v) is 13.1. The highest BCUT2D eigenvalue weighted by Crippen LogP contribution is 2.28. The molecule has 0 radical (unpaired) electrons. The minimum absolute atomic E-state index is 0.00478. The summed E-state index contributed by atoms with van der Waals surface area (Å²) in [6.45, 7) is 2.76. The molecule has 1 heterocycles. The first-order valence-corrected chi connectivity index (χ1v) is 9.51. The topological polar surface area (TPSA) is 80.5 Å². The minimum atomic E-state index is -2.95. The van der Waals surface area contributed by atoms with Crippen LogP contribution in [0.25, 0.3) is 0 Å². The average Bonchev–Trinajstić information content (AvgIpc) is 2.96. The second-order valence-electron chi connectivity index (χ2n) is 6.21. The van der Waals surface area contributed by atoms with Gasteiger partial charge >= 0.3 is 0 Å². The summed E-state index contributed by atoms with van der Waals surface area (Å²) in [7, 11) is -2.95. The molecule has 5 nitrogen and oxygen atoms in total. The smallest absolute Gasteiger partial charge is 0.226 e. The van der Waals surface area contributed by atoms with Crippen LogP contribution in [0.3, 0.4) is 0 Å². The molecule has 1 aliphatic carbocycles. The Labute approximate surface area is 121 Å². The molecule has 6 heteroatoms. The van der Waals surface area contributed by atoms with Crippen LogP contribution < -0.4 is 5.73 Å². The van der Waals surface area contributed by atoms with Gasteiger partial charge in [0.2, 0.25) is 5.91 Å². The second-order valence-corrected chi connectivity index (χ2v) is 8.44. The number of unbranched alkanes of at least 4 members (excludes halogenated alkanes) is 1. The first-order valence-electron chi connectivity index (χ1n) is 7.69. The standard InChI is InChI=1S/C14H26N2O3S/c1-2-3-7-16(13-6-8-20(18,19)10-13)14(17)11-4-5-12(15)9-11/h11-13H,2-10,15H2,1H3. The van der Waals surface area contributed by atoms with Crippen molar-refractivity contribution in [2.75, 3.05) is 18.1 Å². The molecule has 2 N–H and O–H groups in total. The predicted molar refractivity (Wildman–Crippen MR) is 79.0 cm³/mol. The van der Waals surface area contributed by atoms with E-state index in [9.17, 15) is 13.2 Å². The lowest BCUT2D eigenvalue weighted by Gasteiger charge is -2.30. The number of rotatable bonds is 5. The zero-order chi connectivity index (χ0) is 14.8. The summed E-state index contributed by atoms with van der Waals surface area (Å²) in [6, 6.07) is 0.0140. The van der Waals surface area contributed by atoms with E-state index in [2.05, 4.69) is 6.92 Å². The van der Waals surface area contributed by atoms with Gasteiger partial charge in [0.15, 0.2) is 9.84 Å². The number of nitrogens with zero attached hydrogens (tertiary/aromatic N) is 1. The van der Waals surface area contributed by atoms with Crippen molar-refractivity contribution in [3.8, 4) is 0 Å². The van der Waals surface area contributed by atoms with Crippen molar-refractivity contribution in [3.63, 3.8) is 0 Å². The molecule has 0 aromatic carbocycles. The molecule has 0 aromatic rings. The minimum Gasteiger partial charge on any atom is -0.338 e. The summed E-state index contributed by atoms with van der Waals surface area (Å²) in [5, 5.41) is 0. The van der Waals surface area contributed by atoms with E-state index in [-0.39, 0.29) is 35.4 Å². The lowest BCUT2D eigenvalue weighted by molar-refractivity contribution is -0.137. The molecule has 2 fully saturated rings. The van der Waals surface area contributed by atoms with Crippen molar-refractivity contribution >= 4 is 15.7 Å². The molecule has 116 valence electrons. The summed E-state index contributed by atoms with van der Waals surface area (Å²) in [5.74, 6) is 0.498. The number of nitrogens with two attached hydrogens (primary N) is 1. The maximum absolute atomic E-state index is 12.7. The largest absolute Gasteiger partial charge is 0.338 e. The Hall–Kier alpha value is -0.620. The molecule has 0 bridgehead atoms. The molecular weight excluding hydrogens is 276 g/mol. The van der Waals surface area contributed by atoms with Gasteiger partial charge in [-0.3, -0.25) is 4.79 Å². The van der Waals surface area contributed by atoms with E-state index in [1.165, 1.54) is 0 Å². The molecule has 1 aliphatic heterocycles. The van der Waals surface area contributed by atoms with Crippen molar-refractivity contribution in [2.24, 2.45) is 11.7 Å². The summed E-state index contributed by atoms with van der Waals surface area (Å²) < 4.78 is 23.3. The van der Waals surface area contributed by atoms with Crippen molar-refractivity contribution < 1.29 is 13.2 Å². The molecule has 2 rings (SSSR count). The predicted octanol–water partition coefficient (Wildman–Crippen LogP) is 0.930. The van der Waals surface area contributed by atoms with Crippen molar-refractivity contribution in [3.05, 3.63) is 0 Å². The maximum Gasteiger partial charge on any atom is 0.226 e. The first kappa shape index (κ1) is 15.8. The van der Waals surface area contributed by atoms with E-state index in [1.807, 2.05) is 4.90 Å². The van der Waals surface area contributed by atoms with Gasteiger partial charge in [-0.2, -0.15) is 0 Å². The molecular formula is C14H26N2O3S. The molecule has 1 saturated carbocycles. The fourth-order valence-corrected chi connectivity index (χ4v) is 5.03. The van der Waals surface area contributed by atoms with Crippen LogP contribution in [0.15, 0.2) is 0 Å². The van der Waals surface area contributed by atoms with Crippen LogP contribution in [-0.2, 0) is 14.6 Å². The molecule has 20 heavy (non-hydrogen) atoms. The lowest BCUT2D eigenvalue weighted by atomic mass is 10.0. The fourth-order valence-electron chi connectivity index (χ4n) is 3.30. The molecule has 0 aromatic heterocycles. The van der Waals surface area contributed by atoms with Crippen LogP contribution in [0.1, 0.15) is 45.4 Å². The fraction of sp³-hybridized carbons (Fsp3) is 0.929. The number of sulfone groups is 1. The Bertz CT molecular complexity index is 449. The maximum atomic E-state index is 12.7. The van der Waals surface area contributed by atoms with Gasteiger partial charge < -0.3 is 10.6 Å². The van der Waals surface area contributed by atoms with Crippen LogP contribution in [0.4, 0.5) is 0 Å². The quantitative estimate of drug-likeness (QED) is 0.819. The van der Waals surface area contributed by atoms with Crippen LogP contribution >= 0.6 is 0 Å². The summed E-state index contributed by atoms with van der Waals surface area (Å²) >= 11 is 0. The van der Waals surface area contributed by atoms with E-state index < -0.39 is 9.84 Å². The average molecular weight is 302 g/mol. The first-order chi connectivity index (χ1) is 9.43. The zero-order valence-electron chi connectivity index (χ0n) is 12.3. The summed E-state index contributed by atoms with van der Waals surface area (Å²) in [5.41, 5.74) is 5.89. The van der Waals surface area contributed by atoms with Gasteiger partial charge in [-0.15, -0.1) is 0 Å². The molecule has 3 atom stereocenters. The second kappa shape index (κ2) is 6.43. The van der Waals surface area contributed by atoms with Gasteiger partial charge in [-0.25, -0.2) is 8.42 Å². The van der Waals surface area contributed by atoms with Gasteiger partial charge in [0, 0.05) is 24.5 Å². The van der Waals surface area contributed by atoms with Crippen LogP contribution in [0, 0.1) is 5.92 Å². The Balaban J connectivity index is 2.05. The Kier molecular flexibility index (Phi) is 5.07.